The van der Waals surface area contributed by atoms with E-state index in [2.05, 4.69) is 16.4 Å². The quantitative estimate of drug-likeness (QED) is 0.900. The van der Waals surface area contributed by atoms with Gasteiger partial charge in [0.25, 0.3) is 0 Å². The van der Waals surface area contributed by atoms with Crippen molar-refractivity contribution in [3.63, 3.8) is 0 Å². The average Bonchev–Trinajstić information content (AvgIpc) is 2.73. The number of nitrogens with zero attached hydrogens (tertiary/aromatic N) is 2. The van der Waals surface area contributed by atoms with Crippen molar-refractivity contribution >= 4 is 17.0 Å². The van der Waals surface area contributed by atoms with E-state index in [1.807, 2.05) is 37.4 Å². The number of nitriles is 1. The van der Waals surface area contributed by atoms with Gasteiger partial charge >= 0.3 is 0 Å². The summed E-state index contributed by atoms with van der Waals surface area (Å²) >= 11 is 1.64. The van der Waals surface area contributed by atoms with E-state index < -0.39 is 0 Å². The standard InChI is InChI=1S/C13H13N3S/c1-9-3-4-13(11(5-9)6-14)15-7-12-8-17-10(2)16-12/h3-5,8,15H,7H2,1-2H3. The molecule has 0 aliphatic heterocycles. The van der Waals surface area contributed by atoms with Gasteiger partial charge in [0.15, 0.2) is 0 Å². The third kappa shape index (κ3) is 2.83. The predicted octanol–water partition coefficient (Wildman–Crippen LogP) is 3.24. The van der Waals surface area contributed by atoms with E-state index in [9.17, 15) is 0 Å². The molecule has 1 heterocycles. The van der Waals surface area contributed by atoms with E-state index in [0.29, 0.717) is 12.1 Å². The van der Waals surface area contributed by atoms with Crippen LogP contribution in [-0.2, 0) is 6.54 Å². The Labute approximate surface area is 105 Å². The zero-order chi connectivity index (χ0) is 12.3. The fourth-order valence-electron chi connectivity index (χ4n) is 1.58. The van der Waals surface area contributed by atoms with Gasteiger partial charge in [0, 0.05) is 5.38 Å². The minimum absolute atomic E-state index is 0.655. The molecule has 4 heteroatoms. The van der Waals surface area contributed by atoms with Crippen molar-refractivity contribution in [1.82, 2.24) is 4.98 Å². The van der Waals surface area contributed by atoms with Crippen LogP contribution in [0.5, 0.6) is 0 Å². The second-order valence-corrected chi connectivity index (χ2v) is 4.93. The molecule has 1 aromatic carbocycles. The molecule has 0 aliphatic rings. The molecule has 86 valence electrons. The van der Waals surface area contributed by atoms with Crippen molar-refractivity contribution in [1.29, 1.82) is 5.26 Å². The van der Waals surface area contributed by atoms with Gasteiger partial charge in [0.2, 0.25) is 0 Å². The molecule has 2 rings (SSSR count). The number of aryl methyl sites for hydroxylation is 2. The van der Waals surface area contributed by atoms with Gasteiger partial charge < -0.3 is 5.32 Å². The van der Waals surface area contributed by atoms with Crippen LogP contribution in [0, 0.1) is 25.2 Å². The van der Waals surface area contributed by atoms with Crippen LogP contribution in [0.25, 0.3) is 0 Å². The zero-order valence-corrected chi connectivity index (χ0v) is 10.6. The minimum atomic E-state index is 0.655. The Bertz CT molecular complexity index is 566. The Morgan fingerprint density at radius 3 is 2.88 bits per heavy atom. The lowest BCUT2D eigenvalue weighted by Crippen LogP contribution is -2.01. The molecule has 0 aliphatic carbocycles. The topological polar surface area (TPSA) is 48.7 Å². The van der Waals surface area contributed by atoms with Crippen molar-refractivity contribution in [3.8, 4) is 6.07 Å². The molecule has 1 aromatic heterocycles. The highest BCUT2D eigenvalue weighted by atomic mass is 32.1. The highest BCUT2D eigenvalue weighted by molar-refractivity contribution is 7.09. The number of nitrogens with one attached hydrogen (secondary N) is 1. The fourth-order valence-corrected chi connectivity index (χ4v) is 2.19. The summed E-state index contributed by atoms with van der Waals surface area (Å²) in [4.78, 5) is 4.37. The van der Waals surface area contributed by atoms with Crippen molar-refractivity contribution in [2.45, 2.75) is 20.4 Å². The van der Waals surface area contributed by atoms with Crippen LogP contribution in [0.2, 0.25) is 0 Å². The molecular formula is C13H13N3S. The van der Waals surface area contributed by atoms with Crippen molar-refractivity contribution in [2.24, 2.45) is 0 Å². The molecule has 0 unspecified atom stereocenters. The molecule has 3 nitrogen and oxygen atoms in total. The lowest BCUT2D eigenvalue weighted by Gasteiger charge is -2.07. The molecule has 17 heavy (non-hydrogen) atoms. The molecule has 2 aromatic rings. The Morgan fingerprint density at radius 2 is 2.24 bits per heavy atom. The zero-order valence-electron chi connectivity index (χ0n) is 9.82. The first-order chi connectivity index (χ1) is 8.19. The van der Waals surface area contributed by atoms with Gasteiger partial charge in [-0.15, -0.1) is 11.3 Å². The van der Waals surface area contributed by atoms with Crippen LogP contribution < -0.4 is 5.32 Å². The van der Waals surface area contributed by atoms with Gasteiger partial charge in [-0.1, -0.05) is 6.07 Å². The van der Waals surface area contributed by atoms with Gasteiger partial charge in [-0.3, -0.25) is 0 Å². The van der Waals surface area contributed by atoms with E-state index in [-0.39, 0.29) is 0 Å². The van der Waals surface area contributed by atoms with Gasteiger partial charge in [-0.05, 0) is 31.5 Å². The average molecular weight is 243 g/mol. The second kappa shape index (κ2) is 4.98. The normalized spacial score (nSPS) is 9.94. The Balaban J connectivity index is 2.12. The maximum absolute atomic E-state index is 9.04. The third-order valence-electron chi connectivity index (χ3n) is 2.42. The summed E-state index contributed by atoms with van der Waals surface area (Å²) in [5.41, 5.74) is 3.65. The molecule has 0 atom stereocenters. The van der Waals surface area contributed by atoms with Gasteiger partial charge in [0.05, 0.1) is 28.5 Å². The number of anilines is 1. The number of aromatic nitrogens is 1. The molecule has 0 spiro atoms. The first-order valence-electron chi connectivity index (χ1n) is 5.34. The summed E-state index contributed by atoms with van der Waals surface area (Å²) in [6.45, 7) is 4.62. The Morgan fingerprint density at radius 1 is 1.41 bits per heavy atom. The summed E-state index contributed by atoms with van der Waals surface area (Å²) in [5.74, 6) is 0. The molecule has 1 N–H and O–H groups in total. The van der Waals surface area contributed by atoms with E-state index in [0.717, 1.165) is 22.0 Å². The van der Waals surface area contributed by atoms with Gasteiger partial charge in [-0.25, -0.2) is 4.98 Å². The van der Waals surface area contributed by atoms with E-state index >= 15 is 0 Å². The van der Waals surface area contributed by atoms with Crippen LogP contribution in [0.1, 0.15) is 21.8 Å². The summed E-state index contributed by atoms with van der Waals surface area (Å²) < 4.78 is 0. The fraction of sp³-hybridized carbons (Fsp3) is 0.231. The summed E-state index contributed by atoms with van der Waals surface area (Å²) in [6.07, 6.45) is 0. The van der Waals surface area contributed by atoms with Crippen molar-refractivity contribution in [3.05, 3.63) is 45.4 Å². The number of rotatable bonds is 3. The predicted molar refractivity (Wildman–Crippen MR) is 70.1 cm³/mol. The van der Waals surface area contributed by atoms with Crippen LogP contribution in [0.3, 0.4) is 0 Å². The smallest absolute Gasteiger partial charge is 0.101 e. The monoisotopic (exact) mass is 243 g/mol. The van der Waals surface area contributed by atoms with Crippen LogP contribution in [-0.4, -0.2) is 4.98 Å². The van der Waals surface area contributed by atoms with Gasteiger partial charge in [0.1, 0.15) is 6.07 Å². The maximum atomic E-state index is 9.04. The SMILES string of the molecule is Cc1ccc(NCc2csc(C)n2)c(C#N)c1. The molecular weight excluding hydrogens is 230 g/mol. The van der Waals surface area contributed by atoms with Gasteiger partial charge in [-0.2, -0.15) is 5.26 Å². The first-order valence-corrected chi connectivity index (χ1v) is 6.22. The lowest BCUT2D eigenvalue weighted by molar-refractivity contribution is 1.05. The third-order valence-corrected chi connectivity index (χ3v) is 3.24. The molecule has 0 saturated carbocycles. The second-order valence-electron chi connectivity index (χ2n) is 3.87. The Kier molecular flexibility index (Phi) is 3.40. The van der Waals surface area contributed by atoms with Crippen LogP contribution in [0.15, 0.2) is 23.6 Å². The highest BCUT2D eigenvalue weighted by Gasteiger charge is 2.03. The largest absolute Gasteiger partial charge is 0.378 e. The molecule has 0 radical (unpaired) electrons. The molecule has 0 amide bonds. The summed E-state index contributed by atoms with van der Waals surface area (Å²) in [7, 11) is 0. The van der Waals surface area contributed by atoms with Crippen molar-refractivity contribution in [2.75, 3.05) is 5.32 Å². The van der Waals surface area contributed by atoms with E-state index in [4.69, 9.17) is 5.26 Å². The highest BCUT2D eigenvalue weighted by Crippen LogP contribution is 2.17. The van der Waals surface area contributed by atoms with E-state index in [1.165, 1.54) is 0 Å². The number of hydrogen-bond acceptors (Lipinski definition) is 4. The first kappa shape index (κ1) is 11.6. The lowest BCUT2D eigenvalue weighted by atomic mass is 10.1. The molecule has 0 saturated heterocycles. The Hall–Kier alpha value is -1.86. The van der Waals surface area contributed by atoms with E-state index in [1.54, 1.807) is 11.3 Å². The summed E-state index contributed by atoms with van der Waals surface area (Å²) in [5, 5.41) is 15.4. The molecule has 0 bridgehead atoms. The van der Waals surface area contributed by atoms with Crippen molar-refractivity contribution < 1.29 is 0 Å². The minimum Gasteiger partial charge on any atom is -0.378 e. The number of thiazole rings is 1. The van der Waals surface area contributed by atoms with Crippen LogP contribution in [0.4, 0.5) is 5.69 Å². The number of benzene rings is 1. The number of hydrogen-bond donors (Lipinski definition) is 1. The molecule has 0 fully saturated rings. The maximum Gasteiger partial charge on any atom is 0.101 e. The van der Waals surface area contributed by atoms with Crippen LogP contribution >= 0.6 is 11.3 Å². The summed E-state index contributed by atoms with van der Waals surface area (Å²) in [6, 6.07) is 8.01.